The van der Waals surface area contributed by atoms with Gasteiger partial charge in [-0.1, -0.05) is 6.92 Å². The predicted octanol–water partition coefficient (Wildman–Crippen LogP) is 0.683. The minimum Gasteiger partial charge on any atom is -0.317 e. The van der Waals surface area contributed by atoms with Crippen LogP contribution < -0.4 is 10.6 Å². The number of carbonyl (C=O) groups is 1. The van der Waals surface area contributed by atoms with Crippen LogP contribution in [0.25, 0.3) is 0 Å². The molecule has 0 bridgehead atoms. The van der Waals surface area contributed by atoms with Crippen LogP contribution in [0.5, 0.6) is 0 Å². The fraction of sp³-hybridized carbons (Fsp3) is 0.818. The zero-order valence-corrected chi connectivity index (χ0v) is 9.25. The molecular weight excluding hydrogens is 190 g/mol. The van der Waals surface area contributed by atoms with Crippen molar-refractivity contribution in [2.45, 2.75) is 38.6 Å². The average molecular weight is 209 g/mol. The lowest BCUT2D eigenvalue weighted by Gasteiger charge is -2.30. The largest absolute Gasteiger partial charge is 0.317 e. The molecule has 2 aliphatic heterocycles. The van der Waals surface area contributed by atoms with E-state index in [1.807, 2.05) is 6.92 Å². The van der Waals surface area contributed by atoms with E-state index in [0.717, 1.165) is 38.2 Å². The van der Waals surface area contributed by atoms with Crippen molar-refractivity contribution >= 4 is 11.7 Å². The molecule has 1 fully saturated rings. The fourth-order valence-electron chi connectivity index (χ4n) is 2.36. The number of rotatable bonds is 2. The van der Waals surface area contributed by atoms with E-state index in [1.165, 1.54) is 0 Å². The number of nitrogens with one attached hydrogen (secondary N) is 2. The molecule has 1 atom stereocenters. The van der Waals surface area contributed by atoms with Gasteiger partial charge in [-0.3, -0.25) is 9.79 Å². The van der Waals surface area contributed by atoms with Crippen LogP contribution in [-0.4, -0.2) is 30.9 Å². The molecule has 0 aromatic carbocycles. The second-order valence-electron chi connectivity index (χ2n) is 4.34. The lowest BCUT2D eigenvalue weighted by Crippen LogP contribution is -2.43. The summed E-state index contributed by atoms with van der Waals surface area (Å²) in [4.78, 5) is 16.1. The Kier molecular flexibility index (Phi) is 3.36. The zero-order valence-electron chi connectivity index (χ0n) is 9.25. The van der Waals surface area contributed by atoms with Gasteiger partial charge in [0.2, 0.25) is 5.91 Å². The van der Waals surface area contributed by atoms with Gasteiger partial charge in [0, 0.05) is 12.8 Å². The summed E-state index contributed by atoms with van der Waals surface area (Å²) < 4.78 is 0. The van der Waals surface area contributed by atoms with Crippen molar-refractivity contribution in [3.05, 3.63) is 0 Å². The molecule has 4 nitrogen and oxygen atoms in total. The topological polar surface area (TPSA) is 53.5 Å². The average Bonchev–Trinajstić information content (AvgIpc) is 2.29. The Morgan fingerprint density at radius 1 is 1.40 bits per heavy atom. The molecule has 4 heteroatoms. The summed E-state index contributed by atoms with van der Waals surface area (Å²) >= 11 is 0. The van der Waals surface area contributed by atoms with Crippen molar-refractivity contribution in [2.24, 2.45) is 10.9 Å². The first-order valence-electron chi connectivity index (χ1n) is 5.87. The molecule has 2 heterocycles. The number of nitrogens with zero attached hydrogens (tertiary/aromatic N) is 1. The quantitative estimate of drug-likeness (QED) is 0.703. The molecule has 2 rings (SSSR count). The first kappa shape index (κ1) is 10.6. The van der Waals surface area contributed by atoms with Crippen molar-refractivity contribution in [1.29, 1.82) is 0 Å². The maximum absolute atomic E-state index is 11.5. The Balaban J connectivity index is 2.03. The second-order valence-corrected chi connectivity index (χ2v) is 4.34. The third-order valence-corrected chi connectivity index (χ3v) is 3.26. The van der Waals surface area contributed by atoms with Crippen LogP contribution >= 0.6 is 0 Å². The van der Waals surface area contributed by atoms with Crippen LogP contribution in [0, 0.1) is 5.92 Å². The van der Waals surface area contributed by atoms with Crippen molar-refractivity contribution < 1.29 is 4.79 Å². The number of hydrogen-bond donors (Lipinski definition) is 2. The van der Waals surface area contributed by atoms with Gasteiger partial charge in [-0.2, -0.15) is 0 Å². The monoisotopic (exact) mass is 209 g/mol. The summed E-state index contributed by atoms with van der Waals surface area (Å²) in [6.45, 7) is 4.17. The van der Waals surface area contributed by atoms with Gasteiger partial charge in [0.1, 0.15) is 5.84 Å². The molecule has 0 aromatic rings. The van der Waals surface area contributed by atoms with E-state index >= 15 is 0 Å². The van der Waals surface area contributed by atoms with Crippen molar-refractivity contribution in [2.75, 3.05) is 13.1 Å². The van der Waals surface area contributed by atoms with Crippen LogP contribution in [0.4, 0.5) is 0 Å². The smallest absolute Gasteiger partial charge is 0.227 e. The van der Waals surface area contributed by atoms with E-state index < -0.39 is 0 Å². The molecule has 0 aliphatic carbocycles. The Labute approximate surface area is 90.5 Å². The summed E-state index contributed by atoms with van der Waals surface area (Å²) in [6, 6.07) is 0.232. The van der Waals surface area contributed by atoms with Gasteiger partial charge >= 0.3 is 0 Å². The summed E-state index contributed by atoms with van der Waals surface area (Å²) in [7, 11) is 0. The molecule has 1 saturated heterocycles. The second kappa shape index (κ2) is 4.75. The van der Waals surface area contributed by atoms with Gasteiger partial charge in [-0.15, -0.1) is 0 Å². The first-order valence-corrected chi connectivity index (χ1v) is 5.87. The van der Waals surface area contributed by atoms with Gasteiger partial charge in [0.05, 0.1) is 6.04 Å². The van der Waals surface area contributed by atoms with Gasteiger partial charge in [-0.25, -0.2) is 0 Å². The van der Waals surface area contributed by atoms with Crippen LogP contribution in [0.15, 0.2) is 4.99 Å². The van der Waals surface area contributed by atoms with Gasteiger partial charge in [-0.05, 0) is 31.8 Å². The first-order chi connectivity index (χ1) is 7.29. The Bertz CT molecular complexity index is 269. The lowest BCUT2D eigenvalue weighted by atomic mass is 9.88. The highest BCUT2D eigenvalue weighted by Gasteiger charge is 2.28. The molecular formula is C11H19N3O. The number of aliphatic imine (C=N–C) groups is 1. The molecule has 0 saturated carbocycles. The highest BCUT2D eigenvalue weighted by molar-refractivity contribution is 6.00. The van der Waals surface area contributed by atoms with Crippen LogP contribution in [0.2, 0.25) is 0 Å². The summed E-state index contributed by atoms with van der Waals surface area (Å²) in [5.41, 5.74) is 0. The van der Waals surface area contributed by atoms with Crippen LogP contribution in [0.1, 0.15) is 32.6 Å². The number of hydrogen-bond acceptors (Lipinski definition) is 3. The van der Waals surface area contributed by atoms with Crippen LogP contribution in [0.3, 0.4) is 0 Å². The number of amidine groups is 1. The van der Waals surface area contributed by atoms with E-state index in [0.29, 0.717) is 12.3 Å². The summed E-state index contributed by atoms with van der Waals surface area (Å²) in [6.07, 6.45) is 3.71. The SMILES string of the molecule is CCC1=NC(C2CCNCC2)CC(=O)N1. The molecule has 84 valence electrons. The number of piperidine rings is 1. The lowest BCUT2D eigenvalue weighted by molar-refractivity contribution is -0.120. The molecule has 0 radical (unpaired) electrons. The maximum atomic E-state index is 11.5. The van der Waals surface area contributed by atoms with E-state index in [4.69, 9.17) is 0 Å². The van der Waals surface area contributed by atoms with Gasteiger partial charge < -0.3 is 10.6 Å². The van der Waals surface area contributed by atoms with Gasteiger partial charge in [0.15, 0.2) is 0 Å². The highest BCUT2D eigenvalue weighted by atomic mass is 16.1. The molecule has 2 N–H and O–H groups in total. The number of carbonyl (C=O) groups excluding carboxylic acids is 1. The minimum atomic E-state index is 0.144. The van der Waals surface area contributed by atoms with Gasteiger partial charge in [0.25, 0.3) is 0 Å². The third kappa shape index (κ3) is 2.56. The summed E-state index contributed by atoms with van der Waals surface area (Å²) in [5, 5.41) is 6.17. The molecule has 1 unspecified atom stereocenters. The molecule has 15 heavy (non-hydrogen) atoms. The van der Waals surface area contributed by atoms with E-state index in [9.17, 15) is 4.79 Å². The predicted molar refractivity (Wildman–Crippen MR) is 59.9 cm³/mol. The highest BCUT2D eigenvalue weighted by Crippen LogP contribution is 2.23. The summed E-state index contributed by atoms with van der Waals surface area (Å²) in [5.74, 6) is 1.61. The maximum Gasteiger partial charge on any atom is 0.227 e. The Morgan fingerprint density at radius 3 is 2.80 bits per heavy atom. The normalized spacial score (nSPS) is 28.5. The van der Waals surface area contributed by atoms with Crippen LogP contribution in [-0.2, 0) is 4.79 Å². The zero-order chi connectivity index (χ0) is 10.7. The molecule has 2 aliphatic rings. The Hall–Kier alpha value is -0.900. The Morgan fingerprint density at radius 2 is 2.13 bits per heavy atom. The fourth-order valence-corrected chi connectivity index (χ4v) is 2.36. The molecule has 1 amide bonds. The third-order valence-electron chi connectivity index (χ3n) is 3.26. The standard InChI is InChI=1S/C11H19N3O/c1-2-10-13-9(7-11(15)14-10)8-3-5-12-6-4-8/h8-9,12H,2-7H2,1H3,(H,13,14,15). The van der Waals surface area contributed by atoms with E-state index in [2.05, 4.69) is 15.6 Å². The molecule has 0 aromatic heterocycles. The van der Waals surface area contributed by atoms with E-state index in [-0.39, 0.29) is 11.9 Å². The van der Waals surface area contributed by atoms with Crippen molar-refractivity contribution in [3.8, 4) is 0 Å². The van der Waals surface area contributed by atoms with E-state index in [1.54, 1.807) is 0 Å². The minimum absolute atomic E-state index is 0.144. The number of amides is 1. The van der Waals surface area contributed by atoms with Crippen molar-refractivity contribution in [1.82, 2.24) is 10.6 Å². The van der Waals surface area contributed by atoms with Crippen molar-refractivity contribution in [3.63, 3.8) is 0 Å². The molecule has 0 spiro atoms.